The lowest BCUT2D eigenvalue weighted by Gasteiger charge is -2.24. The topological polar surface area (TPSA) is 66.4 Å². The van der Waals surface area contributed by atoms with E-state index < -0.39 is 11.4 Å². The second-order valence-corrected chi connectivity index (χ2v) is 6.25. The lowest BCUT2D eigenvalue weighted by atomic mass is 9.82. The van der Waals surface area contributed by atoms with Crippen molar-refractivity contribution in [3.8, 4) is 0 Å². The molecule has 0 aliphatic heterocycles. The smallest absolute Gasteiger partial charge is 0.310 e. The summed E-state index contributed by atoms with van der Waals surface area (Å²) in [6.07, 6.45) is 3.13. The fraction of sp³-hybridized carbons (Fsp3) is 0.571. The van der Waals surface area contributed by atoms with Crippen molar-refractivity contribution in [2.75, 3.05) is 0 Å². The van der Waals surface area contributed by atoms with Gasteiger partial charge in [0.25, 0.3) is 0 Å². The molecule has 1 fully saturated rings. The summed E-state index contributed by atoms with van der Waals surface area (Å²) >= 11 is 1.59. The molecule has 4 nitrogen and oxygen atoms in total. The Bertz CT molecular complexity index is 449. The zero-order chi connectivity index (χ0) is 13.9. The van der Waals surface area contributed by atoms with E-state index in [1.165, 1.54) is 0 Å². The van der Waals surface area contributed by atoms with Crippen molar-refractivity contribution < 1.29 is 14.7 Å². The third-order valence-electron chi connectivity index (χ3n) is 3.86. The average Bonchev–Trinajstić information content (AvgIpc) is 2.99. The van der Waals surface area contributed by atoms with Gasteiger partial charge >= 0.3 is 5.97 Å². The Morgan fingerprint density at radius 2 is 2.16 bits per heavy atom. The van der Waals surface area contributed by atoms with E-state index in [0.29, 0.717) is 12.8 Å². The van der Waals surface area contributed by atoms with Crippen molar-refractivity contribution >= 4 is 23.2 Å². The highest BCUT2D eigenvalue weighted by atomic mass is 32.1. The summed E-state index contributed by atoms with van der Waals surface area (Å²) in [5.41, 5.74) is -0.834. The molecule has 104 valence electrons. The van der Waals surface area contributed by atoms with Gasteiger partial charge in [-0.05, 0) is 31.2 Å². The molecule has 0 saturated heterocycles. The highest BCUT2D eigenvalue weighted by Crippen LogP contribution is 2.41. The van der Waals surface area contributed by atoms with E-state index in [1.54, 1.807) is 11.3 Å². The van der Waals surface area contributed by atoms with Crippen LogP contribution in [0.25, 0.3) is 0 Å². The number of carbonyl (C=O) groups is 2. The Morgan fingerprint density at radius 1 is 1.47 bits per heavy atom. The molecule has 2 rings (SSSR count). The Labute approximate surface area is 116 Å². The fourth-order valence-electron chi connectivity index (χ4n) is 2.73. The maximum absolute atomic E-state index is 12.0. The van der Waals surface area contributed by atoms with E-state index in [1.807, 2.05) is 24.4 Å². The summed E-state index contributed by atoms with van der Waals surface area (Å²) < 4.78 is 0. The van der Waals surface area contributed by atoms with Gasteiger partial charge in [-0.1, -0.05) is 18.9 Å². The van der Waals surface area contributed by atoms with Gasteiger partial charge in [0.05, 0.1) is 11.5 Å². The first kappa shape index (κ1) is 14.1. The van der Waals surface area contributed by atoms with Gasteiger partial charge in [-0.3, -0.25) is 9.59 Å². The molecule has 0 spiro atoms. The van der Waals surface area contributed by atoms with Gasteiger partial charge in [0.2, 0.25) is 5.91 Å². The number of carboxylic acid groups (broad SMARTS) is 1. The fourth-order valence-corrected chi connectivity index (χ4v) is 3.46. The minimum absolute atomic E-state index is 0.0558. The van der Waals surface area contributed by atoms with Gasteiger partial charge < -0.3 is 10.4 Å². The normalized spacial score (nSPS) is 19.0. The largest absolute Gasteiger partial charge is 0.481 e. The first-order chi connectivity index (χ1) is 9.03. The molecule has 0 bridgehead atoms. The molecule has 0 aromatic carbocycles. The van der Waals surface area contributed by atoms with Crippen LogP contribution in [0.1, 0.15) is 49.9 Å². The van der Waals surface area contributed by atoms with Crippen LogP contribution < -0.4 is 5.32 Å². The summed E-state index contributed by atoms with van der Waals surface area (Å²) in [5, 5.41) is 14.2. The highest BCUT2D eigenvalue weighted by molar-refractivity contribution is 7.10. The van der Waals surface area contributed by atoms with Gasteiger partial charge in [0.1, 0.15) is 0 Å². The van der Waals surface area contributed by atoms with E-state index in [2.05, 4.69) is 5.32 Å². The quantitative estimate of drug-likeness (QED) is 0.872. The predicted molar refractivity (Wildman–Crippen MR) is 74.0 cm³/mol. The maximum Gasteiger partial charge on any atom is 0.310 e. The van der Waals surface area contributed by atoms with Gasteiger partial charge in [0, 0.05) is 11.3 Å². The molecular formula is C14H19NO3S. The van der Waals surface area contributed by atoms with Crippen LogP contribution in [0, 0.1) is 5.41 Å². The zero-order valence-electron chi connectivity index (χ0n) is 11.0. The Balaban J connectivity index is 1.95. The van der Waals surface area contributed by atoms with E-state index in [-0.39, 0.29) is 18.4 Å². The van der Waals surface area contributed by atoms with Crippen LogP contribution in [0.2, 0.25) is 0 Å². The third-order valence-corrected chi connectivity index (χ3v) is 4.92. The van der Waals surface area contributed by atoms with E-state index in [4.69, 9.17) is 0 Å². The van der Waals surface area contributed by atoms with Crippen LogP contribution in [-0.4, -0.2) is 17.0 Å². The summed E-state index contributed by atoms with van der Waals surface area (Å²) in [5.74, 6) is -0.992. The first-order valence-electron chi connectivity index (χ1n) is 6.60. The molecule has 1 aromatic heterocycles. The molecule has 1 aliphatic carbocycles. The molecule has 1 aliphatic rings. The Kier molecular flexibility index (Phi) is 4.24. The monoisotopic (exact) mass is 281 g/mol. The molecule has 1 amide bonds. The lowest BCUT2D eigenvalue weighted by molar-refractivity contribution is -0.151. The summed E-state index contributed by atoms with van der Waals surface area (Å²) in [7, 11) is 0. The number of amides is 1. The van der Waals surface area contributed by atoms with Crippen molar-refractivity contribution in [2.45, 2.75) is 45.1 Å². The van der Waals surface area contributed by atoms with Crippen LogP contribution in [0.3, 0.4) is 0 Å². The molecule has 1 aromatic rings. The molecule has 0 radical (unpaired) electrons. The van der Waals surface area contributed by atoms with Gasteiger partial charge in [-0.15, -0.1) is 11.3 Å². The summed E-state index contributed by atoms with van der Waals surface area (Å²) in [6, 6.07) is 3.86. The Hall–Kier alpha value is -1.36. The number of carboxylic acids is 1. The van der Waals surface area contributed by atoms with Gasteiger partial charge in [0.15, 0.2) is 0 Å². The second-order valence-electron chi connectivity index (χ2n) is 5.27. The van der Waals surface area contributed by atoms with E-state index in [9.17, 15) is 14.7 Å². The van der Waals surface area contributed by atoms with Crippen molar-refractivity contribution in [3.05, 3.63) is 22.4 Å². The highest BCUT2D eigenvalue weighted by Gasteiger charge is 2.43. The molecule has 2 N–H and O–H groups in total. The predicted octanol–water partition coefficient (Wildman–Crippen LogP) is 2.96. The standard InChI is InChI=1S/C14H19NO3S/c1-10(11-5-4-8-19-11)15-12(16)9-14(13(17)18)6-2-3-7-14/h4-5,8,10H,2-3,6-7,9H2,1H3,(H,15,16)(H,17,18)/t10-/m1/s1. The summed E-state index contributed by atoms with van der Waals surface area (Å²) in [4.78, 5) is 24.5. The van der Waals surface area contributed by atoms with Crippen molar-refractivity contribution in [1.29, 1.82) is 0 Å². The number of hydrogen-bond donors (Lipinski definition) is 2. The van der Waals surface area contributed by atoms with Crippen molar-refractivity contribution in [2.24, 2.45) is 5.41 Å². The molecule has 1 atom stereocenters. The Morgan fingerprint density at radius 3 is 2.68 bits per heavy atom. The van der Waals surface area contributed by atoms with Crippen LogP contribution in [0.5, 0.6) is 0 Å². The van der Waals surface area contributed by atoms with Crippen molar-refractivity contribution in [3.63, 3.8) is 0 Å². The van der Waals surface area contributed by atoms with Crippen LogP contribution >= 0.6 is 11.3 Å². The lowest BCUT2D eigenvalue weighted by Crippen LogP contribution is -2.36. The first-order valence-corrected chi connectivity index (χ1v) is 7.48. The zero-order valence-corrected chi connectivity index (χ0v) is 11.8. The number of rotatable bonds is 5. The molecule has 0 unspecified atom stereocenters. The number of hydrogen-bond acceptors (Lipinski definition) is 3. The average molecular weight is 281 g/mol. The molecule has 1 saturated carbocycles. The number of aliphatic carboxylic acids is 1. The van der Waals surface area contributed by atoms with Gasteiger partial charge in [-0.2, -0.15) is 0 Å². The molecular weight excluding hydrogens is 262 g/mol. The third kappa shape index (κ3) is 3.15. The molecule has 5 heteroatoms. The van der Waals surface area contributed by atoms with E-state index >= 15 is 0 Å². The SMILES string of the molecule is C[C@@H](NC(=O)CC1(C(=O)O)CCCC1)c1cccs1. The van der Waals surface area contributed by atoms with Crippen LogP contribution in [0.15, 0.2) is 17.5 Å². The maximum atomic E-state index is 12.0. The minimum Gasteiger partial charge on any atom is -0.481 e. The van der Waals surface area contributed by atoms with Crippen molar-refractivity contribution in [1.82, 2.24) is 5.32 Å². The second kappa shape index (κ2) is 5.74. The number of thiophene rings is 1. The number of carbonyl (C=O) groups excluding carboxylic acids is 1. The minimum atomic E-state index is -0.834. The van der Waals surface area contributed by atoms with Crippen LogP contribution in [0.4, 0.5) is 0 Å². The summed E-state index contributed by atoms with van der Waals surface area (Å²) in [6.45, 7) is 1.92. The number of nitrogens with one attached hydrogen (secondary N) is 1. The molecule has 19 heavy (non-hydrogen) atoms. The van der Waals surface area contributed by atoms with Gasteiger partial charge in [-0.25, -0.2) is 0 Å². The van der Waals surface area contributed by atoms with Crippen LogP contribution in [-0.2, 0) is 9.59 Å². The van der Waals surface area contributed by atoms with E-state index in [0.717, 1.165) is 17.7 Å². The molecule has 1 heterocycles.